The highest BCUT2D eigenvalue weighted by Crippen LogP contribution is 2.52. The number of halogens is 1. The molecule has 0 spiro atoms. The Morgan fingerprint density at radius 1 is 0.426 bits per heavy atom. The van der Waals surface area contributed by atoms with Crippen LogP contribution in [-0.4, -0.2) is 0 Å². The maximum Gasteiger partial charge on any atom is 0.141 e. The van der Waals surface area contributed by atoms with Gasteiger partial charge in [-0.1, -0.05) is 184 Å². The average Bonchev–Trinajstić information content (AvgIpc) is 3.54. The van der Waals surface area contributed by atoms with Crippen molar-refractivity contribution >= 4 is 33.0 Å². The molecule has 0 bridgehead atoms. The third-order valence-electron chi connectivity index (χ3n) is 12.2. The van der Waals surface area contributed by atoms with Crippen LogP contribution in [0.3, 0.4) is 0 Å². The Morgan fingerprint density at radius 2 is 0.934 bits per heavy atom. The van der Waals surface area contributed by atoms with Crippen molar-refractivity contribution < 1.29 is 4.74 Å². The predicted molar refractivity (Wildman–Crippen MR) is 258 cm³/mol. The van der Waals surface area contributed by atoms with Crippen LogP contribution in [-0.2, 0) is 5.41 Å². The molecule has 3 heteroatoms. The molecule has 2 nitrogen and oxygen atoms in total. The Kier molecular flexibility index (Phi) is 10.2. The Balaban J connectivity index is 0.999. The highest BCUT2D eigenvalue weighted by Gasteiger charge is 2.36. The normalized spacial score (nSPS) is 12.5. The minimum Gasteiger partial charge on any atom is -0.456 e. The molecule has 0 saturated carbocycles. The van der Waals surface area contributed by atoms with E-state index in [1.807, 2.05) is 0 Å². The van der Waals surface area contributed by atoms with E-state index in [-0.39, 0.29) is 11.3 Å². The van der Waals surface area contributed by atoms with E-state index in [1.165, 1.54) is 55.6 Å². The molecule has 9 aromatic rings. The van der Waals surface area contributed by atoms with Gasteiger partial charge in [0.05, 0.1) is 4.47 Å². The van der Waals surface area contributed by atoms with Gasteiger partial charge in [0.2, 0.25) is 0 Å². The van der Waals surface area contributed by atoms with E-state index in [0.29, 0.717) is 0 Å². The Labute approximate surface area is 367 Å². The largest absolute Gasteiger partial charge is 0.456 e. The van der Waals surface area contributed by atoms with Crippen LogP contribution in [0.2, 0.25) is 0 Å². The summed E-state index contributed by atoms with van der Waals surface area (Å²) in [5, 5.41) is 0. The fourth-order valence-corrected chi connectivity index (χ4v) is 9.60. The van der Waals surface area contributed by atoms with Crippen molar-refractivity contribution in [2.45, 2.75) is 25.2 Å². The number of ether oxygens (including phenoxy) is 1. The number of fused-ring (bicyclic) bond motifs is 3. The summed E-state index contributed by atoms with van der Waals surface area (Å²) in [6.45, 7) is 4.66. The second-order valence-corrected chi connectivity index (χ2v) is 17.0. The molecular weight excluding hydrogens is 807 g/mol. The fourth-order valence-electron chi connectivity index (χ4n) is 9.03. The summed E-state index contributed by atoms with van der Waals surface area (Å²) in [6, 6.07) is 80.2. The molecule has 1 aliphatic carbocycles. The van der Waals surface area contributed by atoms with E-state index in [0.717, 1.165) is 38.6 Å². The highest BCUT2D eigenvalue weighted by molar-refractivity contribution is 9.10. The molecule has 61 heavy (non-hydrogen) atoms. The summed E-state index contributed by atoms with van der Waals surface area (Å²) in [4.78, 5) is 2.33. The molecule has 0 aliphatic heterocycles. The van der Waals surface area contributed by atoms with Crippen LogP contribution >= 0.6 is 15.9 Å². The van der Waals surface area contributed by atoms with Crippen molar-refractivity contribution in [1.29, 1.82) is 0 Å². The van der Waals surface area contributed by atoms with Gasteiger partial charge in [0.15, 0.2) is 0 Å². The lowest BCUT2D eigenvalue weighted by atomic mass is 9.82. The average molecular weight is 851 g/mol. The smallest absolute Gasteiger partial charge is 0.141 e. The highest BCUT2D eigenvalue weighted by atomic mass is 79.9. The minimum absolute atomic E-state index is 0.0409. The van der Waals surface area contributed by atoms with Gasteiger partial charge in [-0.25, -0.2) is 0 Å². The second-order valence-electron chi connectivity index (χ2n) is 16.2. The summed E-state index contributed by atoms with van der Waals surface area (Å²) < 4.78 is 7.79. The molecule has 0 N–H and O–H groups in total. The van der Waals surface area contributed by atoms with Crippen LogP contribution in [0, 0.1) is 0 Å². The van der Waals surface area contributed by atoms with Gasteiger partial charge in [-0.15, -0.1) is 0 Å². The van der Waals surface area contributed by atoms with Crippen molar-refractivity contribution in [3.8, 4) is 44.9 Å². The first-order valence-electron chi connectivity index (χ1n) is 20.9. The summed E-state index contributed by atoms with van der Waals surface area (Å²) in [7, 11) is 0. The maximum absolute atomic E-state index is 6.86. The second kappa shape index (κ2) is 16.3. The molecule has 10 rings (SSSR count). The summed E-state index contributed by atoms with van der Waals surface area (Å²) >= 11 is 4.07. The van der Waals surface area contributed by atoms with Crippen LogP contribution in [0.5, 0.6) is 11.5 Å². The van der Waals surface area contributed by atoms with Crippen molar-refractivity contribution in [3.05, 3.63) is 257 Å². The monoisotopic (exact) mass is 849 g/mol. The van der Waals surface area contributed by atoms with Crippen molar-refractivity contribution in [3.63, 3.8) is 0 Å². The van der Waals surface area contributed by atoms with Gasteiger partial charge < -0.3 is 9.64 Å². The fraction of sp³-hybridized carbons (Fsp3) is 0.0690. The number of hydrogen-bond acceptors (Lipinski definition) is 2. The Hall–Kier alpha value is -6.94. The molecule has 1 aliphatic rings. The van der Waals surface area contributed by atoms with E-state index in [4.69, 9.17) is 4.74 Å². The lowest BCUT2D eigenvalue weighted by Gasteiger charge is -2.28. The Bertz CT molecular complexity index is 2820. The first-order chi connectivity index (χ1) is 29.9. The van der Waals surface area contributed by atoms with E-state index < -0.39 is 0 Å². The number of benzene rings is 9. The van der Waals surface area contributed by atoms with Gasteiger partial charge in [-0.05, 0) is 132 Å². The van der Waals surface area contributed by atoms with E-state index in [2.05, 4.69) is 259 Å². The van der Waals surface area contributed by atoms with Crippen LogP contribution in [0.25, 0.3) is 33.4 Å². The van der Waals surface area contributed by atoms with Crippen LogP contribution in [0.4, 0.5) is 17.1 Å². The molecule has 0 heterocycles. The molecule has 0 fully saturated rings. The van der Waals surface area contributed by atoms with E-state index in [1.54, 1.807) is 0 Å². The topological polar surface area (TPSA) is 12.5 Å². The zero-order valence-electron chi connectivity index (χ0n) is 34.2. The predicted octanol–water partition coefficient (Wildman–Crippen LogP) is 16.5. The third kappa shape index (κ3) is 7.36. The minimum atomic E-state index is -0.196. The zero-order chi connectivity index (χ0) is 41.3. The summed E-state index contributed by atoms with van der Waals surface area (Å²) in [5.41, 5.74) is 16.6. The van der Waals surface area contributed by atoms with Crippen molar-refractivity contribution in [2.75, 3.05) is 4.90 Å². The van der Waals surface area contributed by atoms with Gasteiger partial charge in [0, 0.05) is 28.4 Å². The molecule has 0 saturated heterocycles. The van der Waals surface area contributed by atoms with Crippen LogP contribution in [0.1, 0.15) is 47.6 Å². The van der Waals surface area contributed by atoms with Gasteiger partial charge in [0.1, 0.15) is 11.5 Å². The number of anilines is 3. The summed E-state index contributed by atoms with van der Waals surface area (Å²) in [5.74, 6) is 1.54. The maximum atomic E-state index is 6.86. The standard InChI is InChI=1S/C58H44BrNO/c1-58(2)53-37-35-49(39-52(53)50-36-34-48(38-54(50)58)60(46-20-11-5-12-21-46)47-22-13-6-14-23-47)61-55-25-15-24-51(57(55)59)56(44-30-26-42(27-31-44)40-16-7-3-8-17-40)45-32-28-43(29-33-45)41-18-9-4-10-19-41/h3-39,56H,1-2H3. The molecule has 0 aromatic heterocycles. The summed E-state index contributed by atoms with van der Waals surface area (Å²) in [6.07, 6.45) is 0. The Morgan fingerprint density at radius 3 is 1.48 bits per heavy atom. The quantitative estimate of drug-likeness (QED) is 0.127. The SMILES string of the molecule is CC1(C)c2ccc(Oc3cccc(C(c4ccc(-c5ccccc5)cc4)c4ccc(-c5ccccc5)cc4)c3Br)cc2-c2ccc(N(c3ccccc3)c3ccccc3)cc21. The molecule has 294 valence electrons. The molecule has 9 aromatic carbocycles. The first-order valence-corrected chi connectivity index (χ1v) is 21.7. The molecule has 0 radical (unpaired) electrons. The number of para-hydroxylation sites is 2. The third-order valence-corrected chi connectivity index (χ3v) is 13.0. The molecule has 0 amide bonds. The van der Waals surface area contributed by atoms with Crippen molar-refractivity contribution in [2.24, 2.45) is 0 Å². The molecule has 0 unspecified atom stereocenters. The molecular formula is C58H44BrNO. The van der Waals surface area contributed by atoms with Gasteiger partial charge >= 0.3 is 0 Å². The van der Waals surface area contributed by atoms with Crippen LogP contribution in [0.15, 0.2) is 229 Å². The van der Waals surface area contributed by atoms with Gasteiger partial charge in [0.25, 0.3) is 0 Å². The number of hydrogen-bond donors (Lipinski definition) is 0. The van der Waals surface area contributed by atoms with E-state index in [9.17, 15) is 0 Å². The van der Waals surface area contributed by atoms with Gasteiger partial charge in [-0.3, -0.25) is 0 Å². The molecule has 0 atom stereocenters. The van der Waals surface area contributed by atoms with E-state index >= 15 is 0 Å². The number of nitrogens with zero attached hydrogens (tertiary/aromatic N) is 1. The first kappa shape index (κ1) is 38.3. The lowest BCUT2D eigenvalue weighted by molar-refractivity contribution is 0.478. The zero-order valence-corrected chi connectivity index (χ0v) is 35.8. The lowest BCUT2D eigenvalue weighted by Crippen LogP contribution is -2.16. The number of rotatable bonds is 10. The van der Waals surface area contributed by atoms with Crippen molar-refractivity contribution in [1.82, 2.24) is 0 Å². The van der Waals surface area contributed by atoms with Gasteiger partial charge in [-0.2, -0.15) is 0 Å². The van der Waals surface area contributed by atoms with Crippen LogP contribution < -0.4 is 9.64 Å².